The molecule has 0 saturated heterocycles. The predicted octanol–water partition coefficient (Wildman–Crippen LogP) is 2.27. The second-order valence-electron chi connectivity index (χ2n) is 3.18. The molecule has 0 aliphatic carbocycles. The molecule has 11 heteroatoms. The molecule has 1 rings (SSSR count). The van der Waals surface area contributed by atoms with Gasteiger partial charge in [-0.3, -0.25) is 10.7 Å². The highest BCUT2D eigenvalue weighted by atomic mass is 35.5. The number of carboxylic acid groups (broad SMARTS) is 1. The van der Waals surface area contributed by atoms with E-state index in [0.717, 1.165) is 18.2 Å². The quantitative estimate of drug-likeness (QED) is 0.316. The van der Waals surface area contributed by atoms with E-state index in [1.807, 2.05) is 0 Å². The van der Waals surface area contributed by atoms with Crippen LogP contribution in [-0.2, 0) is 4.74 Å². The highest BCUT2D eigenvalue weighted by molar-refractivity contribution is 6.61. The van der Waals surface area contributed by atoms with Crippen LogP contribution in [0.25, 0.3) is 0 Å². The molecule has 0 saturated carbocycles. The molecule has 22 heavy (non-hydrogen) atoms. The minimum atomic E-state index is -1.43. The molecule has 0 atom stereocenters. The maximum atomic E-state index is 12.6. The van der Waals surface area contributed by atoms with Crippen LogP contribution in [-0.4, -0.2) is 29.2 Å². The summed E-state index contributed by atoms with van der Waals surface area (Å²) in [4.78, 5) is 19.6. The molecule has 0 radical (unpaired) electrons. The minimum absolute atomic E-state index is 0.333. The normalized spacial score (nSPS) is 8.36. The summed E-state index contributed by atoms with van der Waals surface area (Å²) in [7, 11) is 0. The van der Waals surface area contributed by atoms with Crippen LogP contribution in [0.1, 0.15) is 6.92 Å². The maximum Gasteiger partial charge on any atom is 0.409 e. The fraction of sp³-hybridized carbons (Fsp3) is 0.182. The Kier molecular flexibility index (Phi) is 12.0. The Morgan fingerprint density at radius 2 is 1.91 bits per heavy atom. The molecule has 0 aliphatic rings. The van der Waals surface area contributed by atoms with E-state index in [9.17, 15) is 18.4 Å². The maximum absolute atomic E-state index is 12.6. The number of carbonyl (C=O) groups excluding carboxylic acids is 1. The molecule has 1 aromatic rings. The van der Waals surface area contributed by atoms with Crippen molar-refractivity contribution in [3.8, 4) is 0 Å². The Bertz CT molecular complexity index is 513. The van der Waals surface area contributed by atoms with Crippen molar-refractivity contribution < 1.29 is 28.2 Å². The van der Waals surface area contributed by atoms with Crippen molar-refractivity contribution >= 4 is 34.8 Å². The first-order chi connectivity index (χ1) is 10.1. The number of amides is 1. The van der Waals surface area contributed by atoms with Crippen molar-refractivity contribution in [2.75, 3.05) is 11.9 Å². The molecule has 7 N–H and O–H groups in total. The number of nitrogens with two attached hydrogens (primary N) is 2. The Morgan fingerprint density at radius 1 is 1.41 bits per heavy atom. The number of ether oxygens (including phenoxy) is 1. The fourth-order valence-electron chi connectivity index (χ4n) is 0.822. The monoisotopic (exact) mass is 340 g/mol. The Labute approximate surface area is 129 Å². The number of hydrogen-bond donors (Lipinski definition) is 5. The van der Waals surface area contributed by atoms with Crippen molar-refractivity contribution in [2.24, 2.45) is 11.5 Å². The lowest BCUT2D eigenvalue weighted by atomic mass is 10.3. The van der Waals surface area contributed by atoms with Gasteiger partial charge in [-0.15, -0.1) is 0 Å². The molecule has 1 amide bonds. The van der Waals surface area contributed by atoms with Crippen molar-refractivity contribution in [2.45, 2.75) is 6.92 Å². The van der Waals surface area contributed by atoms with Gasteiger partial charge in [0, 0.05) is 17.7 Å². The number of benzene rings is 1. The van der Waals surface area contributed by atoms with Crippen molar-refractivity contribution in [3.05, 3.63) is 29.8 Å². The third kappa shape index (κ3) is 15.4. The van der Waals surface area contributed by atoms with E-state index in [4.69, 9.17) is 22.1 Å². The number of carbonyl (C=O) groups is 2. The molecule has 124 valence electrons. The fourth-order valence-corrected chi connectivity index (χ4v) is 0.931. The average Bonchev–Trinajstić information content (AvgIpc) is 2.33. The van der Waals surface area contributed by atoms with E-state index < -0.39 is 23.2 Å². The van der Waals surface area contributed by atoms with Crippen molar-refractivity contribution in [3.63, 3.8) is 0 Å². The van der Waals surface area contributed by atoms with E-state index >= 15 is 0 Å². The lowest BCUT2D eigenvalue weighted by Gasteiger charge is -2.01. The van der Waals surface area contributed by atoms with Gasteiger partial charge >= 0.3 is 11.5 Å². The van der Waals surface area contributed by atoms with Crippen molar-refractivity contribution in [1.82, 2.24) is 0 Å². The highest BCUT2D eigenvalue weighted by Gasteiger charge is 2.05. The largest absolute Gasteiger partial charge is 0.465 e. The Morgan fingerprint density at radius 3 is 2.23 bits per heavy atom. The Hall–Kier alpha value is -2.62. The van der Waals surface area contributed by atoms with Gasteiger partial charge in [-0.25, -0.2) is 18.4 Å². The molecule has 0 fully saturated rings. The van der Waals surface area contributed by atoms with Gasteiger partial charge in [0.25, 0.3) is 0 Å². The van der Waals surface area contributed by atoms with Gasteiger partial charge in [0.1, 0.15) is 11.6 Å². The molecule has 0 aromatic heterocycles. The lowest BCUT2D eigenvalue weighted by Crippen LogP contribution is -2.20. The predicted molar refractivity (Wildman–Crippen MR) is 77.0 cm³/mol. The van der Waals surface area contributed by atoms with E-state index in [2.05, 4.69) is 16.2 Å². The van der Waals surface area contributed by atoms with Gasteiger partial charge in [0.15, 0.2) is 5.96 Å². The first kappa shape index (κ1) is 21.7. The number of halogens is 3. The van der Waals surface area contributed by atoms with E-state index in [-0.39, 0.29) is 11.6 Å². The summed E-state index contributed by atoms with van der Waals surface area (Å²) in [6.07, 6.45) is -1.43. The van der Waals surface area contributed by atoms with Crippen LogP contribution in [0.15, 0.2) is 18.2 Å². The zero-order valence-electron chi connectivity index (χ0n) is 11.4. The summed E-state index contributed by atoms with van der Waals surface area (Å²) in [5.41, 5.74) is 7.82. The minimum Gasteiger partial charge on any atom is -0.465 e. The number of nitrogens with one attached hydrogen (secondary N) is 2. The average molecular weight is 341 g/mol. The zero-order valence-corrected chi connectivity index (χ0v) is 12.2. The number of rotatable bonds is 2. The van der Waals surface area contributed by atoms with Crippen LogP contribution in [0.5, 0.6) is 0 Å². The van der Waals surface area contributed by atoms with Crippen LogP contribution in [0.2, 0.25) is 0 Å². The van der Waals surface area contributed by atoms with Crippen molar-refractivity contribution in [1.29, 1.82) is 5.41 Å². The topological polar surface area (TPSA) is 152 Å². The van der Waals surface area contributed by atoms with Gasteiger partial charge in [-0.05, 0) is 19.1 Å². The van der Waals surface area contributed by atoms with E-state index in [1.165, 1.54) is 0 Å². The molecule has 0 spiro atoms. The first-order valence-corrected chi connectivity index (χ1v) is 5.84. The first-order valence-electron chi connectivity index (χ1n) is 5.46. The summed E-state index contributed by atoms with van der Waals surface area (Å²) >= 11 is 4.72. The van der Waals surface area contributed by atoms with Crippen LogP contribution >= 0.6 is 11.6 Å². The summed E-state index contributed by atoms with van der Waals surface area (Å²) in [5, 5.41) is 16.0. The van der Waals surface area contributed by atoms with E-state index in [0.29, 0.717) is 6.61 Å². The van der Waals surface area contributed by atoms with Gasteiger partial charge < -0.3 is 21.3 Å². The third-order valence-electron chi connectivity index (χ3n) is 1.43. The lowest BCUT2D eigenvalue weighted by molar-refractivity contribution is 0.180. The van der Waals surface area contributed by atoms with Crippen LogP contribution in [0, 0.1) is 17.0 Å². The summed E-state index contributed by atoms with van der Waals surface area (Å²) < 4.78 is 29.2. The molecule has 0 bridgehead atoms. The summed E-state index contributed by atoms with van der Waals surface area (Å²) in [6.45, 7) is 2.04. The molecule has 0 heterocycles. The standard InChI is InChI=1S/C7H5F2NO2.C3H5ClO2.CH5N3/c8-4-1-2-5(9)6(3-4)10-7(11)12;1-2-6-3(4)5;2-1(3)4/h1-3,10H,(H,11,12);2H2,1H3;(H5,2,3,4). The van der Waals surface area contributed by atoms with Gasteiger partial charge in [0.2, 0.25) is 0 Å². The number of anilines is 1. The molecular formula is C11H15ClF2N4O4. The molecule has 1 aromatic carbocycles. The van der Waals surface area contributed by atoms with Crippen LogP contribution < -0.4 is 16.8 Å². The third-order valence-corrected chi connectivity index (χ3v) is 1.54. The molecule has 0 aliphatic heterocycles. The van der Waals surface area contributed by atoms with Gasteiger partial charge in [-0.2, -0.15) is 0 Å². The second-order valence-corrected chi connectivity index (χ2v) is 3.49. The zero-order chi connectivity index (χ0) is 17.7. The summed E-state index contributed by atoms with van der Waals surface area (Å²) in [6, 6.07) is 2.52. The smallest absolute Gasteiger partial charge is 0.409 e. The SMILES string of the molecule is CCOC(=O)Cl.N=C(N)N.O=C(O)Nc1cc(F)ccc1F. The van der Waals surface area contributed by atoms with Gasteiger partial charge in [-0.1, -0.05) is 0 Å². The molecule has 8 nitrogen and oxygen atoms in total. The van der Waals surface area contributed by atoms with Crippen LogP contribution in [0.3, 0.4) is 0 Å². The highest BCUT2D eigenvalue weighted by Crippen LogP contribution is 2.14. The van der Waals surface area contributed by atoms with E-state index in [1.54, 1.807) is 12.2 Å². The second kappa shape index (κ2) is 12.1. The number of guanidine groups is 1. The molecular weight excluding hydrogens is 326 g/mol. The van der Waals surface area contributed by atoms with Gasteiger partial charge in [0.05, 0.1) is 12.3 Å². The number of hydrogen-bond acceptors (Lipinski definition) is 4. The summed E-state index contributed by atoms with van der Waals surface area (Å²) in [5.74, 6) is -1.83. The molecule has 0 unspecified atom stereocenters. The Balaban J connectivity index is 0. The van der Waals surface area contributed by atoms with Crippen LogP contribution in [0.4, 0.5) is 24.1 Å².